The second kappa shape index (κ2) is 6.06. The summed E-state index contributed by atoms with van der Waals surface area (Å²) in [4.78, 5) is 24.8. The summed E-state index contributed by atoms with van der Waals surface area (Å²) in [5, 5.41) is 4.17. The van der Waals surface area contributed by atoms with Crippen molar-refractivity contribution in [2.45, 2.75) is 6.54 Å². The van der Waals surface area contributed by atoms with Crippen LogP contribution in [0.3, 0.4) is 0 Å². The average Bonchev–Trinajstić information content (AvgIpc) is 3.11. The molecule has 2 aromatic carbocycles. The fourth-order valence-corrected chi connectivity index (χ4v) is 3.62. The Balaban J connectivity index is 1.60. The number of nitrogens with one attached hydrogen (secondary N) is 1. The quantitative estimate of drug-likeness (QED) is 0.570. The lowest BCUT2D eigenvalue weighted by Crippen LogP contribution is -2.29. The number of thiazole rings is 1. The van der Waals surface area contributed by atoms with Crippen molar-refractivity contribution in [2.75, 3.05) is 0 Å². The molecule has 0 bridgehead atoms. The summed E-state index contributed by atoms with van der Waals surface area (Å²) in [5.74, 6) is -0.963. The van der Waals surface area contributed by atoms with Gasteiger partial charge in [0.05, 0.1) is 15.7 Å². The molecule has 0 aliphatic carbocycles. The van der Waals surface area contributed by atoms with Crippen LogP contribution in [-0.2, 0) is 18.4 Å². The van der Waals surface area contributed by atoms with E-state index in [1.165, 1.54) is 15.9 Å². The zero-order valence-electron chi connectivity index (χ0n) is 13.3. The van der Waals surface area contributed by atoms with Gasteiger partial charge >= 0.3 is 5.76 Å². The highest BCUT2D eigenvalue weighted by atomic mass is 32.1. The fraction of sp³-hybridized carbons (Fsp3) is 0.118. The molecule has 2 heterocycles. The van der Waals surface area contributed by atoms with Gasteiger partial charge in [-0.3, -0.25) is 9.36 Å². The maximum Gasteiger partial charge on any atom is 0.420 e. The number of rotatable bonds is 3. The molecule has 1 amide bonds. The van der Waals surface area contributed by atoms with Crippen LogP contribution in [0.2, 0.25) is 0 Å². The van der Waals surface area contributed by atoms with Crippen LogP contribution in [0.25, 0.3) is 21.3 Å². The molecule has 4 rings (SSSR count). The predicted molar refractivity (Wildman–Crippen MR) is 95.0 cm³/mol. The molecule has 7 nitrogen and oxygen atoms in total. The molecule has 2 aromatic heterocycles. The Hall–Kier alpha value is -3.13. The van der Waals surface area contributed by atoms with Gasteiger partial charge in [-0.15, -0.1) is 5.10 Å². The lowest BCUT2D eigenvalue weighted by molar-refractivity contribution is -0.121. The summed E-state index contributed by atoms with van der Waals surface area (Å²) in [6.45, 7) is -0.159. The van der Waals surface area contributed by atoms with E-state index in [-0.39, 0.29) is 6.54 Å². The van der Waals surface area contributed by atoms with Gasteiger partial charge in [-0.2, -0.15) is 0 Å². The number of benzene rings is 2. The Bertz CT molecular complexity index is 1210. The molecule has 0 radical (unpaired) electrons. The van der Waals surface area contributed by atoms with Gasteiger partial charge in [0, 0.05) is 7.05 Å². The second-order valence-electron chi connectivity index (χ2n) is 5.48. The van der Waals surface area contributed by atoms with Gasteiger partial charge in [-0.05, 0) is 24.3 Å². The van der Waals surface area contributed by atoms with Gasteiger partial charge in [-0.1, -0.05) is 35.6 Å². The topological polar surface area (TPSA) is 81.5 Å². The Morgan fingerprint density at radius 1 is 1.16 bits per heavy atom. The number of aromatic nitrogens is 2. The summed E-state index contributed by atoms with van der Waals surface area (Å²) in [6, 6.07) is 14.9. The number of carbonyl (C=O) groups excluding carboxylic acids is 1. The van der Waals surface area contributed by atoms with Gasteiger partial charge in [0.2, 0.25) is 4.80 Å². The molecule has 4 aromatic rings. The van der Waals surface area contributed by atoms with Crippen LogP contribution < -0.4 is 16.0 Å². The van der Waals surface area contributed by atoms with Crippen molar-refractivity contribution in [1.82, 2.24) is 14.6 Å². The van der Waals surface area contributed by atoms with Crippen molar-refractivity contribution in [3.63, 3.8) is 0 Å². The minimum Gasteiger partial charge on any atom is -0.408 e. The van der Waals surface area contributed by atoms with Crippen molar-refractivity contribution < 1.29 is 9.21 Å². The third-order valence-electron chi connectivity index (χ3n) is 3.87. The molecule has 0 fully saturated rings. The molecule has 0 aliphatic heterocycles. The Labute approximate surface area is 145 Å². The van der Waals surface area contributed by atoms with Crippen LogP contribution in [-0.4, -0.2) is 15.0 Å². The number of para-hydroxylation sites is 3. The number of amides is 1. The molecule has 0 atom stereocenters. The van der Waals surface area contributed by atoms with Crippen LogP contribution in [0.5, 0.6) is 0 Å². The van der Waals surface area contributed by atoms with Gasteiger partial charge < -0.3 is 8.98 Å². The van der Waals surface area contributed by atoms with Crippen molar-refractivity contribution in [3.8, 4) is 0 Å². The summed E-state index contributed by atoms with van der Waals surface area (Å²) < 4.78 is 9.38. The minimum atomic E-state index is -0.566. The maximum atomic E-state index is 12.2. The molecule has 1 N–H and O–H groups in total. The number of oxazole rings is 1. The van der Waals surface area contributed by atoms with E-state index in [2.05, 4.69) is 10.5 Å². The molecule has 0 saturated carbocycles. The van der Waals surface area contributed by atoms with Crippen LogP contribution in [0.1, 0.15) is 0 Å². The van der Waals surface area contributed by atoms with E-state index < -0.39 is 11.7 Å². The number of nitrogens with zero attached hydrogens (tertiary/aromatic N) is 3. The molecule has 8 heteroatoms. The highest BCUT2D eigenvalue weighted by Gasteiger charge is 2.12. The van der Waals surface area contributed by atoms with Gasteiger partial charge in [0.15, 0.2) is 5.58 Å². The lowest BCUT2D eigenvalue weighted by Gasteiger charge is -2.01. The Kier molecular flexibility index (Phi) is 3.73. The number of aryl methyl sites for hydroxylation is 1. The first-order chi connectivity index (χ1) is 12.1. The normalized spacial score (nSPS) is 12.1. The van der Waals surface area contributed by atoms with Crippen LogP contribution in [0, 0.1) is 0 Å². The molecular weight excluding hydrogens is 340 g/mol. The number of hydrogen-bond donors (Lipinski definition) is 1. The molecular formula is C17H14N4O3S. The third-order valence-corrected chi connectivity index (χ3v) is 4.98. The van der Waals surface area contributed by atoms with Gasteiger partial charge in [-0.25, -0.2) is 10.2 Å². The van der Waals surface area contributed by atoms with Gasteiger partial charge in [0.1, 0.15) is 6.54 Å². The summed E-state index contributed by atoms with van der Waals surface area (Å²) in [7, 11) is 1.89. The van der Waals surface area contributed by atoms with Crippen LogP contribution >= 0.6 is 11.3 Å². The van der Waals surface area contributed by atoms with Crippen molar-refractivity contribution in [3.05, 3.63) is 63.9 Å². The van der Waals surface area contributed by atoms with E-state index in [1.54, 1.807) is 24.3 Å². The summed E-state index contributed by atoms with van der Waals surface area (Å²) >= 11 is 1.47. The van der Waals surface area contributed by atoms with E-state index in [9.17, 15) is 9.59 Å². The first kappa shape index (κ1) is 15.4. The van der Waals surface area contributed by atoms with Gasteiger partial charge in [0.25, 0.3) is 5.91 Å². The molecule has 25 heavy (non-hydrogen) atoms. The standard InChI is InChI=1S/C17H14N4O3S/c1-20-12-7-3-5-9-14(12)25-16(20)19-18-15(22)10-21-11-6-2-4-8-13(11)24-17(21)23/h2-9H,10H2,1H3,(H,18,22)/b19-16-. The highest BCUT2D eigenvalue weighted by molar-refractivity contribution is 7.16. The lowest BCUT2D eigenvalue weighted by atomic mass is 10.3. The Morgan fingerprint density at radius 2 is 1.88 bits per heavy atom. The largest absolute Gasteiger partial charge is 0.420 e. The number of carbonyl (C=O) groups is 1. The zero-order valence-corrected chi connectivity index (χ0v) is 14.1. The van der Waals surface area contributed by atoms with E-state index in [4.69, 9.17) is 4.42 Å². The first-order valence-corrected chi connectivity index (χ1v) is 8.40. The van der Waals surface area contributed by atoms with Crippen molar-refractivity contribution in [1.29, 1.82) is 0 Å². The van der Waals surface area contributed by atoms with E-state index in [1.807, 2.05) is 35.9 Å². The van der Waals surface area contributed by atoms with Crippen molar-refractivity contribution >= 4 is 38.6 Å². The minimum absolute atomic E-state index is 0.159. The van der Waals surface area contributed by atoms with E-state index >= 15 is 0 Å². The predicted octanol–water partition coefficient (Wildman–Crippen LogP) is 1.78. The Morgan fingerprint density at radius 3 is 2.68 bits per heavy atom. The first-order valence-electron chi connectivity index (χ1n) is 7.59. The SMILES string of the molecule is Cn1/c(=N/NC(=O)Cn2c(=O)oc3ccccc32)sc2ccccc21. The monoisotopic (exact) mass is 354 g/mol. The maximum absolute atomic E-state index is 12.2. The van der Waals surface area contributed by atoms with Crippen LogP contribution in [0.15, 0.2) is 62.8 Å². The van der Waals surface area contributed by atoms with E-state index in [0.717, 1.165) is 10.2 Å². The smallest absolute Gasteiger partial charge is 0.408 e. The summed E-state index contributed by atoms with van der Waals surface area (Å²) in [5.41, 5.74) is 4.58. The zero-order chi connectivity index (χ0) is 17.4. The second-order valence-corrected chi connectivity index (χ2v) is 6.49. The van der Waals surface area contributed by atoms with Crippen molar-refractivity contribution in [2.24, 2.45) is 12.1 Å². The molecule has 0 saturated heterocycles. The van der Waals surface area contributed by atoms with Crippen LogP contribution in [0.4, 0.5) is 0 Å². The van der Waals surface area contributed by atoms with E-state index in [0.29, 0.717) is 15.9 Å². The molecule has 0 spiro atoms. The average molecular weight is 354 g/mol. The fourth-order valence-electron chi connectivity index (χ4n) is 2.64. The highest BCUT2D eigenvalue weighted by Crippen LogP contribution is 2.15. The molecule has 126 valence electrons. The summed E-state index contributed by atoms with van der Waals surface area (Å²) in [6.07, 6.45) is 0. The molecule has 0 unspecified atom stereocenters. The number of fused-ring (bicyclic) bond motifs is 2. The third kappa shape index (κ3) is 2.76. The number of hydrogen-bond acceptors (Lipinski definition) is 5. The molecule has 0 aliphatic rings.